The van der Waals surface area contributed by atoms with E-state index < -0.39 is 0 Å². The van der Waals surface area contributed by atoms with Gasteiger partial charge in [-0.25, -0.2) is 4.98 Å². The second-order valence-electron chi connectivity index (χ2n) is 4.80. The van der Waals surface area contributed by atoms with Crippen LogP contribution in [-0.4, -0.2) is 14.7 Å². The first kappa shape index (κ1) is 13.4. The van der Waals surface area contributed by atoms with E-state index in [4.69, 9.17) is 4.52 Å². The molecule has 108 valence electrons. The van der Waals surface area contributed by atoms with Gasteiger partial charge in [0.05, 0.1) is 17.6 Å². The molecule has 0 fully saturated rings. The first-order valence-corrected chi connectivity index (χ1v) is 6.84. The Labute approximate surface area is 121 Å². The molecule has 0 radical (unpaired) electrons. The molecule has 0 unspecified atom stereocenters. The molecule has 3 aromatic rings. The number of rotatable bonds is 4. The number of aromatic nitrogens is 3. The maximum absolute atomic E-state index is 12.5. The molecule has 0 aliphatic heterocycles. The van der Waals surface area contributed by atoms with E-state index >= 15 is 0 Å². The molecular formula is C15H16N4O2. The highest BCUT2D eigenvalue weighted by Gasteiger charge is 2.10. The van der Waals surface area contributed by atoms with Gasteiger partial charge >= 0.3 is 0 Å². The molecule has 1 N–H and O–H groups in total. The van der Waals surface area contributed by atoms with Crippen LogP contribution in [-0.2, 0) is 13.1 Å². The second kappa shape index (κ2) is 5.40. The van der Waals surface area contributed by atoms with Crippen molar-refractivity contribution in [1.29, 1.82) is 0 Å². The number of para-hydroxylation sites is 2. The average molecular weight is 284 g/mol. The molecular weight excluding hydrogens is 268 g/mol. The van der Waals surface area contributed by atoms with Gasteiger partial charge < -0.3 is 14.4 Å². The van der Waals surface area contributed by atoms with Crippen LogP contribution in [0.25, 0.3) is 11.0 Å². The lowest BCUT2D eigenvalue weighted by atomic mass is 10.2. The summed E-state index contributed by atoms with van der Waals surface area (Å²) in [5, 5.41) is 6.95. The zero-order valence-electron chi connectivity index (χ0n) is 12.0. The highest BCUT2D eigenvalue weighted by molar-refractivity contribution is 5.76. The van der Waals surface area contributed by atoms with E-state index in [-0.39, 0.29) is 5.56 Å². The molecule has 6 nitrogen and oxygen atoms in total. The standard InChI is InChI=1S/C15H16N4O2/c1-3-19-13-7-5-4-6-11(13)17-14(15(19)20)16-8-12-10(2)9-21-18-12/h4-7,9H,3,8H2,1-2H3,(H,16,17). The van der Waals surface area contributed by atoms with Crippen LogP contribution in [0.1, 0.15) is 18.2 Å². The van der Waals surface area contributed by atoms with Crippen LogP contribution in [0.15, 0.2) is 39.8 Å². The third-order valence-corrected chi connectivity index (χ3v) is 3.44. The third-order valence-electron chi connectivity index (χ3n) is 3.44. The molecule has 2 aromatic heterocycles. The maximum Gasteiger partial charge on any atom is 0.293 e. The zero-order chi connectivity index (χ0) is 14.8. The summed E-state index contributed by atoms with van der Waals surface area (Å²) in [4.78, 5) is 16.9. The van der Waals surface area contributed by atoms with Gasteiger partial charge in [0.2, 0.25) is 0 Å². The Hall–Kier alpha value is -2.63. The molecule has 2 heterocycles. The zero-order valence-corrected chi connectivity index (χ0v) is 12.0. The summed E-state index contributed by atoms with van der Waals surface area (Å²) in [6, 6.07) is 7.61. The fourth-order valence-corrected chi connectivity index (χ4v) is 2.27. The summed E-state index contributed by atoms with van der Waals surface area (Å²) in [6.07, 6.45) is 1.58. The van der Waals surface area contributed by atoms with Crippen molar-refractivity contribution in [3.8, 4) is 0 Å². The van der Waals surface area contributed by atoms with Gasteiger partial charge in [0.25, 0.3) is 5.56 Å². The monoisotopic (exact) mass is 284 g/mol. The van der Waals surface area contributed by atoms with Crippen LogP contribution < -0.4 is 10.9 Å². The molecule has 3 rings (SSSR count). The number of fused-ring (bicyclic) bond motifs is 1. The van der Waals surface area contributed by atoms with E-state index in [0.29, 0.717) is 18.9 Å². The van der Waals surface area contributed by atoms with Crippen molar-refractivity contribution in [3.63, 3.8) is 0 Å². The molecule has 0 saturated carbocycles. The predicted octanol–water partition coefficient (Wildman–Crippen LogP) is 2.32. The maximum atomic E-state index is 12.5. The Morgan fingerprint density at radius 2 is 2.14 bits per heavy atom. The number of aryl methyl sites for hydroxylation is 2. The number of hydrogen-bond donors (Lipinski definition) is 1. The molecule has 0 spiro atoms. The molecule has 6 heteroatoms. The lowest BCUT2D eigenvalue weighted by Gasteiger charge is -2.11. The smallest absolute Gasteiger partial charge is 0.293 e. The van der Waals surface area contributed by atoms with Gasteiger partial charge in [0.15, 0.2) is 5.82 Å². The van der Waals surface area contributed by atoms with Gasteiger partial charge in [0.1, 0.15) is 12.0 Å². The molecule has 0 aliphatic rings. The summed E-state index contributed by atoms with van der Waals surface area (Å²) in [5.74, 6) is 0.331. The van der Waals surface area contributed by atoms with Crippen molar-refractivity contribution in [3.05, 3.63) is 52.1 Å². The number of hydrogen-bond acceptors (Lipinski definition) is 5. The summed E-state index contributed by atoms with van der Waals surface area (Å²) in [7, 11) is 0. The molecule has 0 saturated heterocycles. The van der Waals surface area contributed by atoms with Crippen LogP contribution in [0.4, 0.5) is 5.82 Å². The van der Waals surface area contributed by atoms with Crippen LogP contribution in [0, 0.1) is 6.92 Å². The van der Waals surface area contributed by atoms with E-state index in [1.807, 2.05) is 38.1 Å². The minimum atomic E-state index is -0.127. The molecule has 0 amide bonds. The van der Waals surface area contributed by atoms with Crippen LogP contribution in [0.2, 0.25) is 0 Å². The van der Waals surface area contributed by atoms with Crippen LogP contribution in [0.3, 0.4) is 0 Å². The number of benzene rings is 1. The topological polar surface area (TPSA) is 73.0 Å². The second-order valence-corrected chi connectivity index (χ2v) is 4.80. The van der Waals surface area contributed by atoms with Gasteiger partial charge in [-0.1, -0.05) is 17.3 Å². The van der Waals surface area contributed by atoms with Crippen LogP contribution >= 0.6 is 0 Å². The Kier molecular flexibility index (Phi) is 3.43. The van der Waals surface area contributed by atoms with Gasteiger partial charge in [-0.05, 0) is 26.0 Å². The Bertz CT molecular complexity index is 835. The fourth-order valence-electron chi connectivity index (χ4n) is 2.27. The van der Waals surface area contributed by atoms with E-state index in [1.54, 1.807) is 10.8 Å². The Morgan fingerprint density at radius 1 is 1.33 bits per heavy atom. The summed E-state index contributed by atoms with van der Waals surface area (Å²) in [5.41, 5.74) is 3.22. The predicted molar refractivity (Wildman–Crippen MR) is 80.2 cm³/mol. The average Bonchev–Trinajstić information content (AvgIpc) is 2.90. The minimum Gasteiger partial charge on any atom is -0.364 e. The van der Waals surface area contributed by atoms with Crippen molar-refractivity contribution in [1.82, 2.24) is 14.7 Å². The lowest BCUT2D eigenvalue weighted by Crippen LogP contribution is -2.25. The summed E-state index contributed by atoms with van der Waals surface area (Å²) < 4.78 is 6.59. The van der Waals surface area contributed by atoms with Gasteiger partial charge in [-0.2, -0.15) is 0 Å². The summed E-state index contributed by atoms with van der Waals surface area (Å²) >= 11 is 0. The van der Waals surface area contributed by atoms with Gasteiger partial charge in [-0.3, -0.25) is 4.79 Å². The molecule has 0 atom stereocenters. The van der Waals surface area contributed by atoms with E-state index in [2.05, 4.69) is 15.5 Å². The van der Waals surface area contributed by atoms with Crippen molar-refractivity contribution in [2.24, 2.45) is 0 Å². The van der Waals surface area contributed by atoms with E-state index in [9.17, 15) is 4.79 Å². The fraction of sp³-hybridized carbons (Fsp3) is 0.267. The third kappa shape index (κ3) is 2.40. The first-order valence-electron chi connectivity index (χ1n) is 6.84. The highest BCUT2D eigenvalue weighted by Crippen LogP contribution is 2.13. The number of nitrogens with zero attached hydrogens (tertiary/aromatic N) is 3. The Morgan fingerprint density at radius 3 is 2.86 bits per heavy atom. The quantitative estimate of drug-likeness (QED) is 0.796. The molecule has 0 bridgehead atoms. The highest BCUT2D eigenvalue weighted by atomic mass is 16.5. The summed E-state index contributed by atoms with van der Waals surface area (Å²) in [6.45, 7) is 4.86. The normalized spacial score (nSPS) is 11.0. The minimum absolute atomic E-state index is 0.127. The van der Waals surface area contributed by atoms with Crippen molar-refractivity contribution < 1.29 is 4.52 Å². The van der Waals surface area contributed by atoms with Crippen LogP contribution in [0.5, 0.6) is 0 Å². The number of anilines is 1. The largest absolute Gasteiger partial charge is 0.364 e. The van der Waals surface area contributed by atoms with E-state index in [0.717, 1.165) is 22.3 Å². The van der Waals surface area contributed by atoms with Gasteiger partial charge in [0, 0.05) is 12.1 Å². The SMILES string of the molecule is CCn1c(=O)c(NCc2nocc2C)nc2ccccc21. The van der Waals surface area contributed by atoms with Gasteiger partial charge in [-0.15, -0.1) is 0 Å². The van der Waals surface area contributed by atoms with E-state index in [1.165, 1.54) is 0 Å². The van der Waals surface area contributed by atoms with Crippen molar-refractivity contribution in [2.75, 3.05) is 5.32 Å². The molecule has 21 heavy (non-hydrogen) atoms. The lowest BCUT2D eigenvalue weighted by molar-refractivity contribution is 0.412. The van der Waals surface area contributed by atoms with Crippen molar-refractivity contribution >= 4 is 16.9 Å². The number of nitrogens with one attached hydrogen (secondary N) is 1. The van der Waals surface area contributed by atoms with Crippen molar-refractivity contribution in [2.45, 2.75) is 26.9 Å². The first-order chi connectivity index (χ1) is 10.2. The molecule has 0 aliphatic carbocycles. The molecule has 1 aromatic carbocycles. The Balaban J connectivity index is 2.01.